The van der Waals surface area contributed by atoms with Crippen LogP contribution in [0.25, 0.3) is 0 Å². The Balaban J connectivity index is 2.28. The predicted molar refractivity (Wildman–Crippen MR) is 38.6 cm³/mol. The molecule has 1 unspecified atom stereocenters. The van der Waals surface area contributed by atoms with Gasteiger partial charge in [-0.15, -0.1) is 0 Å². The van der Waals surface area contributed by atoms with E-state index in [1.54, 1.807) is 19.4 Å². The minimum atomic E-state index is -0.219. The maximum atomic E-state index is 8.92. The molecule has 1 aromatic heterocycles. The average Bonchev–Trinajstić information content (AvgIpc) is 2.34. The first-order valence-corrected chi connectivity index (χ1v) is 3.44. The molecule has 0 saturated heterocycles. The third kappa shape index (κ3) is 2.19. The molecule has 0 amide bonds. The van der Waals surface area contributed by atoms with Crippen molar-refractivity contribution in [1.82, 2.24) is 9.97 Å². The summed E-state index contributed by atoms with van der Waals surface area (Å²) in [4.78, 5) is 6.83. The average molecular weight is 140 g/mol. The van der Waals surface area contributed by atoms with E-state index < -0.39 is 0 Å². The monoisotopic (exact) mass is 140 g/mol. The number of nitrogens with one attached hydrogen (secondary N) is 1. The molecule has 2 N–H and O–H groups in total. The van der Waals surface area contributed by atoms with Crippen LogP contribution in [0.5, 0.6) is 0 Å². The predicted octanol–water partition coefficient (Wildman–Crippen LogP) is 0.723. The number of aromatic nitrogens is 2. The molecule has 0 aromatic carbocycles. The third-order valence-corrected chi connectivity index (χ3v) is 1.39. The van der Waals surface area contributed by atoms with Gasteiger partial charge in [0, 0.05) is 11.9 Å². The van der Waals surface area contributed by atoms with Gasteiger partial charge in [-0.3, -0.25) is 0 Å². The maximum absolute atomic E-state index is 8.92. The molecule has 0 saturated carbocycles. The molecule has 10 heavy (non-hydrogen) atoms. The zero-order chi connectivity index (χ0) is 7.40. The van der Waals surface area contributed by atoms with E-state index in [1.807, 2.05) is 0 Å². The Kier molecular flexibility index (Phi) is 2.45. The number of nitrogens with zero attached hydrogens (tertiary/aromatic N) is 1. The number of aliphatic hydroxyl groups excluding tert-OH is 1. The van der Waals surface area contributed by atoms with Crippen LogP contribution in [0.15, 0.2) is 12.5 Å². The SMILES string of the molecule is CC(O)CCc1cnc[nH]1. The minimum Gasteiger partial charge on any atom is -0.393 e. The molecule has 0 fully saturated rings. The summed E-state index contributed by atoms with van der Waals surface area (Å²) < 4.78 is 0. The van der Waals surface area contributed by atoms with Crippen LogP contribution in [-0.2, 0) is 6.42 Å². The second-order valence-corrected chi connectivity index (χ2v) is 2.46. The lowest BCUT2D eigenvalue weighted by Gasteiger charge is -1.99. The number of aliphatic hydroxyl groups is 1. The van der Waals surface area contributed by atoms with E-state index in [1.165, 1.54) is 0 Å². The number of H-pyrrole nitrogens is 1. The molecule has 0 bridgehead atoms. The van der Waals surface area contributed by atoms with Crippen molar-refractivity contribution in [3.8, 4) is 0 Å². The van der Waals surface area contributed by atoms with E-state index in [9.17, 15) is 0 Å². The highest BCUT2D eigenvalue weighted by molar-refractivity contribution is 4.93. The van der Waals surface area contributed by atoms with Gasteiger partial charge in [-0.2, -0.15) is 0 Å². The number of hydrogen-bond acceptors (Lipinski definition) is 2. The lowest BCUT2D eigenvalue weighted by molar-refractivity contribution is 0.184. The van der Waals surface area contributed by atoms with Gasteiger partial charge in [0.05, 0.1) is 12.4 Å². The molecular weight excluding hydrogens is 128 g/mol. The van der Waals surface area contributed by atoms with E-state index in [0.29, 0.717) is 0 Å². The van der Waals surface area contributed by atoms with E-state index in [0.717, 1.165) is 18.5 Å². The summed E-state index contributed by atoms with van der Waals surface area (Å²) in [5, 5.41) is 8.92. The van der Waals surface area contributed by atoms with E-state index >= 15 is 0 Å². The highest BCUT2D eigenvalue weighted by Crippen LogP contribution is 1.99. The van der Waals surface area contributed by atoms with E-state index in [4.69, 9.17) is 5.11 Å². The fraction of sp³-hybridized carbons (Fsp3) is 0.571. The van der Waals surface area contributed by atoms with E-state index in [-0.39, 0.29) is 6.10 Å². The van der Waals surface area contributed by atoms with Crippen LogP contribution in [0.1, 0.15) is 19.0 Å². The number of hydrogen-bond donors (Lipinski definition) is 2. The molecule has 1 rings (SSSR count). The highest BCUT2D eigenvalue weighted by Gasteiger charge is 1.97. The number of aryl methyl sites for hydroxylation is 1. The van der Waals surface area contributed by atoms with Crippen LogP contribution < -0.4 is 0 Å². The van der Waals surface area contributed by atoms with Crippen molar-refractivity contribution >= 4 is 0 Å². The van der Waals surface area contributed by atoms with Crippen molar-refractivity contribution in [2.45, 2.75) is 25.9 Å². The van der Waals surface area contributed by atoms with E-state index in [2.05, 4.69) is 9.97 Å². The van der Waals surface area contributed by atoms with Gasteiger partial charge >= 0.3 is 0 Å². The topological polar surface area (TPSA) is 48.9 Å². The Bertz CT molecular complexity index is 170. The van der Waals surface area contributed by atoms with Gasteiger partial charge in [0.15, 0.2) is 0 Å². The first-order chi connectivity index (χ1) is 4.79. The van der Waals surface area contributed by atoms with Gasteiger partial charge in [-0.25, -0.2) is 4.98 Å². The van der Waals surface area contributed by atoms with Gasteiger partial charge in [0.2, 0.25) is 0 Å². The summed E-state index contributed by atoms with van der Waals surface area (Å²) in [7, 11) is 0. The Hall–Kier alpha value is -0.830. The van der Waals surface area contributed by atoms with Crippen LogP contribution in [0.2, 0.25) is 0 Å². The standard InChI is InChI=1S/C7H12N2O/c1-6(10)2-3-7-4-8-5-9-7/h4-6,10H,2-3H2,1H3,(H,8,9). The highest BCUT2D eigenvalue weighted by atomic mass is 16.3. The van der Waals surface area contributed by atoms with Gasteiger partial charge in [0.25, 0.3) is 0 Å². The Morgan fingerprint density at radius 3 is 3.10 bits per heavy atom. The van der Waals surface area contributed by atoms with Gasteiger partial charge in [-0.1, -0.05) is 0 Å². The summed E-state index contributed by atoms with van der Waals surface area (Å²) in [6, 6.07) is 0. The molecule has 0 aliphatic heterocycles. The molecular formula is C7H12N2O. The zero-order valence-corrected chi connectivity index (χ0v) is 6.04. The molecule has 3 nitrogen and oxygen atoms in total. The summed E-state index contributed by atoms with van der Waals surface area (Å²) in [5.41, 5.74) is 1.08. The molecule has 1 heterocycles. The van der Waals surface area contributed by atoms with Crippen LogP contribution in [-0.4, -0.2) is 21.2 Å². The van der Waals surface area contributed by atoms with Gasteiger partial charge in [-0.05, 0) is 19.8 Å². The molecule has 3 heteroatoms. The molecule has 1 aromatic rings. The molecule has 0 spiro atoms. The molecule has 0 radical (unpaired) electrons. The first kappa shape index (κ1) is 7.28. The smallest absolute Gasteiger partial charge is 0.0921 e. The third-order valence-electron chi connectivity index (χ3n) is 1.39. The van der Waals surface area contributed by atoms with Gasteiger partial charge < -0.3 is 10.1 Å². The summed E-state index contributed by atoms with van der Waals surface area (Å²) >= 11 is 0. The van der Waals surface area contributed by atoms with Crippen LogP contribution >= 0.6 is 0 Å². The Morgan fingerprint density at radius 2 is 2.60 bits per heavy atom. The van der Waals surface area contributed by atoms with Crippen molar-refractivity contribution in [3.05, 3.63) is 18.2 Å². The van der Waals surface area contributed by atoms with Crippen molar-refractivity contribution in [1.29, 1.82) is 0 Å². The molecule has 56 valence electrons. The van der Waals surface area contributed by atoms with Crippen LogP contribution in [0.3, 0.4) is 0 Å². The van der Waals surface area contributed by atoms with Crippen LogP contribution in [0.4, 0.5) is 0 Å². The number of rotatable bonds is 3. The lowest BCUT2D eigenvalue weighted by atomic mass is 10.2. The number of aromatic amines is 1. The number of imidazole rings is 1. The Labute approximate surface area is 60.1 Å². The fourth-order valence-corrected chi connectivity index (χ4v) is 0.786. The first-order valence-electron chi connectivity index (χ1n) is 3.44. The second-order valence-electron chi connectivity index (χ2n) is 2.46. The summed E-state index contributed by atoms with van der Waals surface area (Å²) in [5.74, 6) is 0. The molecule has 0 aliphatic rings. The van der Waals surface area contributed by atoms with Crippen LogP contribution in [0, 0.1) is 0 Å². The lowest BCUT2D eigenvalue weighted by Crippen LogP contribution is -2.01. The Morgan fingerprint density at radius 1 is 1.80 bits per heavy atom. The maximum Gasteiger partial charge on any atom is 0.0921 e. The molecule has 0 aliphatic carbocycles. The van der Waals surface area contributed by atoms with Crippen molar-refractivity contribution in [2.24, 2.45) is 0 Å². The zero-order valence-electron chi connectivity index (χ0n) is 6.04. The summed E-state index contributed by atoms with van der Waals surface area (Å²) in [6.07, 6.45) is 4.88. The second kappa shape index (κ2) is 3.37. The van der Waals surface area contributed by atoms with Crippen molar-refractivity contribution in [2.75, 3.05) is 0 Å². The van der Waals surface area contributed by atoms with Gasteiger partial charge in [0.1, 0.15) is 0 Å². The van der Waals surface area contributed by atoms with Crippen molar-refractivity contribution < 1.29 is 5.11 Å². The van der Waals surface area contributed by atoms with Crippen molar-refractivity contribution in [3.63, 3.8) is 0 Å². The largest absolute Gasteiger partial charge is 0.393 e. The quantitative estimate of drug-likeness (QED) is 0.650. The fourth-order valence-electron chi connectivity index (χ4n) is 0.786. The minimum absolute atomic E-state index is 0.219. The normalized spacial score (nSPS) is 13.4. The summed E-state index contributed by atoms with van der Waals surface area (Å²) in [6.45, 7) is 1.79. The molecule has 1 atom stereocenters.